The van der Waals surface area contributed by atoms with E-state index in [2.05, 4.69) is 4.72 Å². The highest BCUT2D eigenvalue weighted by atomic mass is 32.2. The van der Waals surface area contributed by atoms with Crippen LogP contribution in [0.2, 0.25) is 0 Å². The second kappa shape index (κ2) is 7.78. The van der Waals surface area contributed by atoms with E-state index in [0.717, 1.165) is 0 Å². The monoisotopic (exact) mass is 365 g/mol. The number of nitrogens with one attached hydrogen (secondary N) is 1. The summed E-state index contributed by atoms with van der Waals surface area (Å²) in [5.41, 5.74) is 1.20. The fourth-order valence-electron chi connectivity index (χ4n) is 2.54. The van der Waals surface area contributed by atoms with Gasteiger partial charge in [0.15, 0.2) is 0 Å². The SMILES string of the molecule is CCC(C)C(=C(F)F)c1cc(S(=O)(=O)Nc2ccccc2)ccc1C. The zero-order valence-corrected chi connectivity index (χ0v) is 15.2. The van der Waals surface area contributed by atoms with Crippen LogP contribution in [0.3, 0.4) is 0 Å². The summed E-state index contributed by atoms with van der Waals surface area (Å²) in [5, 5.41) is 0. The minimum absolute atomic E-state index is 0.0426. The smallest absolute Gasteiger partial charge is 0.274 e. The van der Waals surface area contributed by atoms with Crippen LogP contribution in [0.4, 0.5) is 14.5 Å². The lowest BCUT2D eigenvalue weighted by Gasteiger charge is -2.17. The number of aryl methyl sites for hydroxylation is 1. The average Bonchev–Trinajstić information content (AvgIpc) is 2.56. The van der Waals surface area contributed by atoms with Gasteiger partial charge in [0.25, 0.3) is 16.1 Å². The molecule has 0 aliphatic heterocycles. The average molecular weight is 365 g/mol. The van der Waals surface area contributed by atoms with Crippen LogP contribution in [0, 0.1) is 12.8 Å². The van der Waals surface area contributed by atoms with Crippen LogP contribution >= 0.6 is 0 Å². The van der Waals surface area contributed by atoms with Gasteiger partial charge in [0.2, 0.25) is 0 Å². The lowest BCUT2D eigenvalue weighted by Crippen LogP contribution is -2.13. The molecule has 2 aromatic carbocycles. The van der Waals surface area contributed by atoms with Crippen LogP contribution in [0.25, 0.3) is 5.57 Å². The predicted molar refractivity (Wildman–Crippen MR) is 97.0 cm³/mol. The molecule has 1 atom stereocenters. The van der Waals surface area contributed by atoms with Gasteiger partial charge >= 0.3 is 0 Å². The van der Waals surface area contributed by atoms with Gasteiger partial charge in [0.1, 0.15) is 0 Å². The molecule has 0 aliphatic rings. The number of halogens is 2. The van der Waals surface area contributed by atoms with E-state index in [1.165, 1.54) is 12.1 Å². The van der Waals surface area contributed by atoms with Gasteiger partial charge in [-0.05, 0) is 54.7 Å². The lowest BCUT2D eigenvalue weighted by molar-refractivity contribution is 0.417. The van der Waals surface area contributed by atoms with Crippen LogP contribution in [-0.2, 0) is 10.0 Å². The van der Waals surface area contributed by atoms with Crippen LogP contribution in [-0.4, -0.2) is 8.42 Å². The standard InChI is InChI=1S/C19H21F2NO2S/c1-4-13(2)18(19(20)21)17-12-16(11-10-14(17)3)25(23,24)22-15-8-6-5-7-9-15/h5-13,22H,4H2,1-3H3. The number of hydrogen-bond acceptors (Lipinski definition) is 2. The number of sulfonamides is 1. The van der Waals surface area contributed by atoms with Crippen molar-refractivity contribution in [3.05, 3.63) is 65.7 Å². The number of hydrogen-bond donors (Lipinski definition) is 1. The van der Waals surface area contributed by atoms with Gasteiger partial charge in [-0.3, -0.25) is 4.72 Å². The summed E-state index contributed by atoms with van der Waals surface area (Å²) >= 11 is 0. The highest BCUT2D eigenvalue weighted by molar-refractivity contribution is 7.92. The molecule has 0 fully saturated rings. The van der Waals surface area contributed by atoms with E-state index in [1.54, 1.807) is 50.2 Å². The van der Waals surface area contributed by atoms with E-state index >= 15 is 0 Å². The number of rotatable bonds is 6. The quantitative estimate of drug-likeness (QED) is 0.740. The molecule has 2 rings (SSSR count). The molecule has 0 saturated carbocycles. The third kappa shape index (κ3) is 4.45. The summed E-state index contributed by atoms with van der Waals surface area (Å²) in [6, 6.07) is 12.7. The van der Waals surface area contributed by atoms with Crippen molar-refractivity contribution in [2.45, 2.75) is 32.1 Å². The Morgan fingerprint density at radius 3 is 2.32 bits per heavy atom. The molecule has 134 valence electrons. The molecule has 0 amide bonds. The second-order valence-corrected chi connectivity index (χ2v) is 7.61. The van der Waals surface area contributed by atoms with E-state index in [-0.39, 0.29) is 21.9 Å². The molecule has 6 heteroatoms. The Bertz CT molecular complexity index is 874. The van der Waals surface area contributed by atoms with E-state index in [0.29, 0.717) is 17.7 Å². The second-order valence-electron chi connectivity index (χ2n) is 5.93. The maximum absolute atomic E-state index is 13.5. The highest BCUT2D eigenvalue weighted by Gasteiger charge is 2.21. The van der Waals surface area contributed by atoms with Crippen molar-refractivity contribution in [1.29, 1.82) is 0 Å². The molecule has 0 radical (unpaired) electrons. The van der Waals surface area contributed by atoms with Crippen molar-refractivity contribution in [3.8, 4) is 0 Å². The van der Waals surface area contributed by atoms with E-state index < -0.39 is 16.1 Å². The molecule has 0 heterocycles. The van der Waals surface area contributed by atoms with E-state index in [9.17, 15) is 17.2 Å². The highest BCUT2D eigenvalue weighted by Crippen LogP contribution is 2.34. The van der Waals surface area contributed by atoms with Gasteiger partial charge < -0.3 is 0 Å². The van der Waals surface area contributed by atoms with E-state index in [4.69, 9.17) is 0 Å². The van der Waals surface area contributed by atoms with Crippen molar-refractivity contribution < 1.29 is 17.2 Å². The van der Waals surface area contributed by atoms with Gasteiger partial charge in [0, 0.05) is 11.3 Å². The van der Waals surface area contributed by atoms with Crippen LogP contribution < -0.4 is 4.72 Å². The number of allylic oxidation sites excluding steroid dienone is 1. The van der Waals surface area contributed by atoms with Gasteiger partial charge in [-0.2, -0.15) is 8.78 Å². The predicted octanol–water partition coefficient (Wildman–Crippen LogP) is 5.45. The molecule has 3 nitrogen and oxygen atoms in total. The van der Waals surface area contributed by atoms with Crippen LogP contribution in [0.5, 0.6) is 0 Å². The summed E-state index contributed by atoms with van der Waals surface area (Å²) in [7, 11) is -3.86. The number of anilines is 1. The van der Waals surface area contributed by atoms with Gasteiger partial charge in [0.05, 0.1) is 4.90 Å². The van der Waals surface area contributed by atoms with Crippen molar-refractivity contribution in [2.24, 2.45) is 5.92 Å². The molecule has 0 aromatic heterocycles. The fraction of sp³-hybridized carbons (Fsp3) is 0.263. The Labute approximate surface area is 147 Å². The van der Waals surface area contributed by atoms with Crippen molar-refractivity contribution in [2.75, 3.05) is 4.72 Å². The van der Waals surface area contributed by atoms with Crippen molar-refractivity contribution in [3.63, 3.8) is 0 Å². The summed E-state index contributed by atoms with van der Waals surface area (Å²) in [4.78, 5) is -0.0426. The molecule has 25 heavy (non-hydrogen) atoms. The summed E-state index contributed by atoms with van der Waals surface area (Å²) in [5.74, 6) is -0.372. The first-order valence-corrected chi connectivity index (χ1v) is 9.48. The molecule has 2 aromatic rings. The number of para-hydroxylation sites is 1. The molecular weight excluding hydrogens is 344 g/mol. The van der Waals surface area contributed by atoms with Crippen LogP contribution in [0.15, 0.2) is 59.5 Å². The van der Waals surface area contributed by atoms with Crippen molar-refractivity contribution >= 4 is 21.3 Å². The molecule has 0 bridgehead atoms. The molecular formula is C19H21F2NO2S. The van der Waals surface area contributed by atoms with Gasteiger partial charge in [-0.25, -0.2) is 8.42 Å². The summed E-state index contributed by atoms with van der Waals surface area (Å²) in [6.07, 6.45) is -1.24. The molecule has 0 spiro atoms. The van der Waals surface area contributed by atoms with E-state index in [1.807, 2.05) is 6.92 Å². The Balaban J connectivity index is 2.50. The zero-order chi connectivity index (χ0) is 18.6. The number of benzene rings is 2. The third-order valence-electron chi connectivity index (χ3n) is 4.14. The fourth-order valence-corrected chi connectivity index (χ4v) is 3.62. The lowest BCUT2D eigenvalue weighted by atomic mass is 9.90. The third-order valence-corrected chi connectivity index (χ3v) is 5.52. The molecule has 1 N–H and O–H groups in total. The molecule has 0 saturated heterocycles. The first-order chi connectivity index (χ1) is 11.8. The topological polar surface area (TPSA) is 46.2 Å². The largest absolute Gasteiger partial charge is 0.280 e. The Morgan fingerprint density at radius 2 is 1.76 bits per heavy atom. The Hall–Kier alpha value is -2.21. The maximum Gasteiger partial charge on any atom is 0.274 e. The van der Waals surface area contributed by atoms with Crippen molar-refractivity contribution in [1.82, 2.24) is 0 Å². The summed E-state index contributed by atoms with van der Waals surface area (Å²) < 4.78 is 54.6. The Kier molecular flexibility index (Phi) is 5.95. The normalized spacial score (nSPS) is 12.5. The minimum atomic E-state index is -3.86. The zero-order valence-electron chi connectivity index (χ0n) is 14.4. The van der Waals surface area contributed by atoms with Crippen LogP contribution in [0.1, 0.15) is 31.4 Å². The molecule has 1 unspecified atom stereocenters. The summed E-state index contributed by atoms with van der Waals surface area (Å²) in [6.45, 7) is 5.22. The van der Waals surface area contributed by atoms with Gasteiger partial charge in [-0.15, -0.1) is 0 Å². The minimum Gasteiger partial charge on any atom is -0.280 e. The first kappa shape index (κ1) is 19.1. The molecule has 0 aliphatic carbocycles. The Morgan fingerprint density at radius 1 is 1.12 bits per heavy atom. The first-order valence-electron chi connectivity index (χ1n) is 8.00. The van der Waals surface area contributed by atoms with Gasteiger partial charge in [-0.1, -0.05) is 38.1 Å². The maximum atomic E-state index is 13.5.